The summed E-state index contributed by atoms with van der Waals surface area (Å²) in [6.07, 6.45) is 8.28. The number of benzene rings is 1. The molecule has 4 rings (SSSR count). The van der Waals surface area contributed by atoms with E-state index >= 15 is 0 Å². The molecule has 0 aliphatic carbocycles. The summed E-state index contributed by atoms with van der Waals surface area (Å²) < 4.78 is 2.11. The number of hydrogen-bond donors (Lipinski definition) is 1. The van der Waals surface area contributed by atoms with Crippen LogP contribution in [0.25, 0.3) is 11.1 Å². The number of H-pyrrole nitrogens is 1. The third kappa shape index (κ3) is 3.37. The number of hydrogen-bond acceptors (Lipinski definition) is 3. The zero-order valence-corrected chi connectivity index (χ0v) is 14.9. The van der Waals surface area contributed by atoms with Crippen molar-refractivity contribution < 1.29 is 0 Å². The van der Waals surface area contributed by atoms with Gasteiger partial charge in [0.1, 0.15) is 5.82 Å². The van der Waals surface area contributed by atoms with Crippen LogP contribution in [-0.2, 0) is 13.6 Å². The fraction of sp³-hybridized carbons (Fsp3) is 0.400. The third-order valence-electron chi connectivity index (χ3n) is 5.23. The molecule has 1 N–H and O–H groups in total. The second-order valence-corrected chi connectivity index (χ2v) is 7.09. The highest BCUT2D eigenvalue weighted by Crippen LogP contribution is 2.33. The minimum absolute atomic E-state index is 0.493. The molecular formula is C20H25N5. The van der Waals surface area contributed by atoms with E-state index in [1.54, 1.807) is 0 Å². The largest absolute Gasteiger partial charge is 0.337 e. The van der Waals surface area contributed by atoms with Crippen molar-refractivity contribution in [3.8, 4) is 11.1 Å². The van der Waals surface area contributed by atoms with Crippen molar-refractivity contribution >= 4 is 0 Å². The van der Waals surface area contributed by atoms with Gasteiger partial charge in [0.05, 0.1) is 12.7 Å². The molecule has 25 heavy (non-hydrogen) atoms. The van der Waals surface area contributed by atoms with Crippen LogP contribution in [0.2, 0.25) is 0 Å². The summed E-state index contributed by atoms with van der Waals surface area (Å²) in [5, 5.41) is 7.63. The number of imidazole rings is 1. The molecule has 3 aromatic rings. The molecule has 3 heterocycles. The topological polar surface area (TPSA) is 49.7 Å². The number of nitrogens with zero attached hydrogens (tertiary/aromatic N) is 4. The maximum atomic E-state index is 4.47. The third-order valence-corrected chi connectivity index (χ3v) is 5.23. The Bertz CT molecular complexity index is 830. The Morgan fingerprint density at radius 1 is 1.24 bits per heavy atom. The van der Waals surface area contributed by atoms with E-state index < -0.39 is 0 Å². The lowest BCUT2D eigenvalue weighted by atomic mass is 9.90. The molecule has 1 atom stereocenters. The Kier molecular flexibility index (Phi) is 4.40. The fourth-order valence-corrected chi connectivity index (χ4v) is 3.75. The molecule has 5 heteroatoms. The van der Waals surface area contributed by atoms with Gasteiger partial charge < -0.3 is 4.57 Å². The normalized spacial score (nSPS) is 18.6. The number of aromatic amines is 1. The van der Waals surface area contributed by atoms with Crippen LogP contribution < -0.4 is 0 Å². The van der Waals surface area contributed by atoms with Gasteiger partial charge in [0, 0.05) is 43.2 Å². The number of likely N-dealkylation sites (tertiary alicyclic amines) is 1. The molecule has 130 valence electrons. The molecule has 1 aliphatic heterocycles. The molecule has 2 aromatic heterocycles. The molecule has 1 aliphatic rings. The van der Waals surface area contributed by atoms with Crippen molar-refractivity contribution in [1.82, 2.24) is 24.6 Å². The van der Waals surface area contributed by atoms with Crippen LogP contribution in [-0.4, -0.2) is 37.7 Å². The van der Waals surface area contributed by atoms with Crippen LogP contribution in [0.15, 0.2) is 42.9 Å². The average molecular weight is 335 g/mol. The quantitative estimate of drug-likeness (QED) is 0.794. The van der Waals surface area contributed by atoms with E-state index in [-0.39, 0.29) is 0 Å². The van der Waals surface area contributed by atoms with Crippen LogP contribution in [0.4, 0.5) is 0 Å². The number of rotatable bonds is 4. The van der Waals surface area contributed by atoms with E-state index in [1.807, 2.05) is 18.6 Å². The lowest BCUT2D eigenvalue weighted by molar-refractivity contribution is 0.193. The van der Waals surface area contributed by atoms with Gasteiger partial charge in [-0.05, 0) is 31.9 Å². The lowest BCUT2D eigenvalue weighted by Crippen LogP contribution is -2.34. The van der Waals surface area contributed by atoms with Gasteiger partial charge in [-0.3, -0.25) is 10.00 Å². The SMILES string of the molecule is Cc1ccc(-c2cn[nH]c2C2CCCN(Cc3nccn3C)C2)cc1. The number of piperidine rings is 1. The molecule has 1 unspecified atom stereocenters. The van der Waals surface area contributed by atoms with Gasteiger partial charge >= 0.3 is 0 Å². The summed E-state index contributed by atoms with van der Waals surface area (Å²) >= 11 is 0. The van der Waals surface area contributed by atoms with Crippen LogP contribution in [0, 0.1) is 6.92 Å². The zero-order chi connectivity index (χ0) is 17.2. The average Bonchev–Trinajstić information content (AvgIpc) is 3.26. The highest BCUT2D eigenvalue weighted by molar-refractivity contribution is 5.66. The van der Waals surface area contributed by atoms with Gasteiger partial charge in [0.2, 0.25) is 0 Å². The molecule has 5 nitrogen and oxygen atoms in total. The first-order valence-corrected chi connectivity index (χ1v) is 8.99. The molecule has 0 bridgehead atoms. The summed E-state index contributed by atoms with van der Waals surface area (Å²) in [5.41, 5.74) is 5.04. The Labute approximate surface area is 148 Å². The Morgan fingerprint density at radius 2 is 2.08 bits per heavy atom. The van der Waals surface area contributed by atoms with Crippen molar-refractivity contribution in [3.05, 3.63) is 59.9 Å². The van der Waals surface area contributed by atoms with Gasteiger partial charge in [-0.15, -0.1) is 0 Å². The standard InChI is InChI=1S/C20H25N5/c1-15-5-7-16(8-6-15)18-12-22-23-20(18)17-4-3-10-25(13-17)14-19-21-9-11-24(19)2/h5-9,11-12,17H,3-4,10,13-14H2,1-2H3,(H,22,23). The summed E-state index contributed by atoms with van der Waals surface area (Å²) in [6.45, 7) is 5.22. The van der Waals surface area contributed by atoms with Gasteiger partial charge in [-0.2, -0.15) is 5.10 Å². The maximum absolute atomic E-state index is 4.47. The molecule has 1 aromatic carbocycles. The molecule has 0 amide bonds. The highest BCUT2D eigenvalue weighted by atomic mass is 15.2. The second-order valence-electron chi connectivity index (χ2n) is 7.09. The predicted octanol–water partition coefficient (Wildman–Crippen LogP) is 3.50. The second kappa shape index (κ2) is 6.84. The lowest BCUT2D eigenvalue weighted by Gasteiger charge is -2.32. The van der Waals surface area contributed by atoms with Crippen molar-refractivity contribution in [2.24, 2.45) is 7.05 Å². The maximum Gasteiger partial charge on any atom is 0.122 e. The molecule has 0 saturated carbocycles. The van der Waals surface area contributed by atoms with E-state index in [0.717, 1.165) is 25.5 Å². The molecule has 1 fully saturated rings. The van der Waals surface area contributed by atoms with E-state index in [1.165, 1.54) is 35.2 Å². The number of nitrogens with one attached hydrogen (secondary N) is 1. The fourth-order valence-electron chi connectivity index (χ4n) is 3.75. The van der Waals surface area contributed by atoms with Crippen LogP contribution >= 0.6 is 0 Å². The van der Waals surface area contributed by atoms with E-state index in [0.29, 0.717) is 5.92 Å². The van der Waals surface area contributed by atoms with E-state index in [4.69, 9.17) is 0 Å². The van der Waals surface area contributed by atoms with E-state index in [9.17, 15) is 0 Å². The Morgan fingerprint density at radius 3 is 2.84 bits per heavy atom. The first-order chi connectivity index (χ1) is 12.2. The van der Waals surface area contributed by atoms with Gasteiger partial charge in [0.25, 0.3) is 0 Å². The van der Waals surface area contributed by atoms with Crippen LogP contribution in [0.5, 0.6) is 0 Å². The Hall–Kier alpha value is -2.40. The molecule has 1 saturated heterocycles. The van der Waals surface area contributed by atoms with Crippen molar-refractivity contribution in [2.45, 2.75) is 32.2 Å². The van der Waals surface area contributed by atoms with Gasteiger partial charge in [-0.25, -0.2) is 4.98 Å². The van der Waals surface area contributed by atoms with Gasteiger partial charge in [-0.1, -0.05) is 29.8 Å². The summed E-state index contributed by atoms with van der Waals surface area (Å²) in [4.78, 5) is 6.98. The molecule has 0 spiro atoms. The Balaban J connectivity index is 1.53. The summed E-state index contributed by atoms with van der Waals surface area (Å²) in [7, 11) is 2.06. The number of aromatic nitrogens is 4. The van der Waals surface area contributed by atoms with E-state index in [2.05, 4.69) is 62.9 Å². The minimum Gasteiger partial charge on any atom is -0.337 e. The van der Waals surface area contributed by atoms with Crippen LogP contribution in [0.1, 0.15) is 35.8 Å². The summed E-state index contributed by atoms with van der Waals surface area (Å²) in [6, 6.07) is 8.72. The van der Waals surface area contributed by atoms with Crippen molar-refractivity contribution in [1.29, 1.82) is 0 Å². The zero-order valence-electron chi connectivity index (χ0n) is 14.9. The van der Waals surface area contributed by atoms with Gasteiger partial charge in [0.15, 0.2) is 0 Å². The van der Waals surface area contributed by atoms with Crippen LogP contribution in [0.3, 0.4) is 0 Å². The summed E-state index contributed by atoms with van der Waals surface area (Å²) in [5.74, 6) is 1.62. The minimum atomic E-state index is 0.493. The van der Waals surface area contributed by atoms with Crippen molar-refractivity contribution in [3.63, 3.8) is 0 Å². The smallest absolute Gasteiger partial charge is 0.122 e. The number of aryl methyl sites for hydroxylation is 2. The molecular weight excluding hydrogens is 310 g/mol. The monoisotopic (exact) mass is 335 g/mol. The molecule has 0 radical (unpaired) electrons. The highest BCUT2D eigenvalue weighted by Gasteiger charge is 2.25. The van der Waals surface area contributed by atoms with Crippen molar-refractivity contribution in [2.75, 3.05) is 13.1 Å². The first kappa shape index (κ1) is 16.1. The predicted molar refractivity (Wildman–Crippen MR) is 99.2 cm³/mol. The first-order valence-electron chi connectivity index (χ1n) is 8.99.